The summed E-state index contributed by atoms with van der Waals surface area (Å²) in [6.45, 7) is 6.73. The Bertz CT molecular complexity index is 160. The van der Waals surface area contributed by atoms with Crippen molar-refractivity contribution < 1.29 is 0 Å². The molecule has 0 atom stereocenters. The number of rotatable bonds is 4. The molecule has 0 N–H and O–H groups in total. The van der Waals surface area contributed by atoms with E-state index in [2.05, 4.69) is 16.0 Å². The average Bonchev–Trinajstić information content (AvgIpc) is 1.87. The van der Waals surface area contributed by atoms with Crippen LogP contribution in [0.2, 0.25) is 0 Å². The normalized spacial score (nSPS) is 9.67. The van der Waals surface area contributed by atoms with Crippen LogP contribution in [0, 0.1) is 0 Å². The van der Waals surface area contributed by atoms with Crippen LogP contribution in [0.4, 0.5) is 0 Å². The van der Waals surface area contributed by atoms with E-state index in [1.165, 1.54) is 0 Å². The lowest BCUT2D eigenvalue weighted by Gasteiger charge is -2.14. The Morgan fingerprint density at radius 1 is 1.42 bits per heavy atom. The van der Waals surface area contributed by atoms with Crippen molar-refractivity contribution in [1.82, 2.24) is 0 Å². The molecule has 0 saturated heterocycles. The fourth-order valence-corrected chi connectivity index (χ4v) is 0.991. The van der Waals surface area contributed by atoms with Crippen LogP contribution in [0.5, 0.6) is 0 Å². The molecule has 0 aliphatic carbocycles. The lowest BCUT2D eigenvalue weighted by Crippen LogP contribution is -2.16. The van der Waals surface area contributed by atoms with Gasteiger partial charge in [-0.25, -0.2) is 9.98 Å². The summed E-state index contributed by atoms with van der Waals surface area (Å²) in [7, 11) is 0. The monoisotopic (exact) mass is 210 g/mol. The number of halogens is 2. The van der Waals surface area contributed by atoms with Gasteiger partial charge >= 0.3 is 0 Å². The number of aliphatic imine (C=N–C) groups is 2. The smallest absolute Gasteiger partial charge is 0.0898 e. The molecule has 4 heteroatoms. The molecule has 2 nitrogen and oxygen atoms in total. The van der Waals surface area contributed by atoms with Gasteiger partial charge in [-0.2, -0.15) is 0 Å². The summed E-state index contributed by atoms with van der Waals surface area (Å²) in [5, 5.41) is 0. The van der Waals surface area contributed by atoms with Gasteiger partial charge in [-0.15, -0.1) is 24.0 Å². The maximum Gasteiger partial charge on any atom is 0.0898 e. The third-order valence-electron chi connectivity index (χ3n) is 1.29. The minimum Gasteiger partial charge on any atom is -0.226 e. The van der Waals surface area contributed by atoms with Gasteiger partial charge in [-0.05, 0) is 27.2 Å². The quantitative estimate of drug-likeness (QED) is 0.504. The number of hydrogen-bond donors (Lipinski definition) is 0. The minimum atomic E-state index is -0.111. The highest BCUT2D eigenvalue weighted by Gasteiger charge is 2.13. The molecule has 0 radical (unpaired) electrons. The molecule has 0 rings (SSSR count). The largest absolute Gasteiger partial charge is 0.226 e. The first kappa shape index (κ1) is 14.5. The van der Waals surface area contributed by atoms with Crippen molar-refractivity contribution in [2.45, 2.75) is 32.7 Å². The highest BCUT2D eigenvalue weighted by atomic mass is 35.5. The van der Waals surface area contributed by atoms with Crippen molar-refractivity contribution >= 4 is 30.0 Å². The lowest BCUT2D eigenvalue weighted by molar-refractivity contribution is 0.510. The Labute approximate surface area is 85.5 Å². The van der Waals surface area contributed by atoms with Crippen molar-refractivity contribution in [3.63, 3.8) is 0 Å². The molecule has 72 valence electrons. The van der Waals surface area contributed by atoms with E-state index < -0.39 is 0 Å². The molecular formula is C8H16Cl2N2. The SMILES string of the molecule is CCN=C=NC(C)(C)CCCl.Cl. The van der Waals surface area contributed by atoms with E-state index >= 15 is 0 Å². The van der Waals surface area contributed by atoms with Gasteiger partial charge < -0.3 is 0 Å². The first-order valence-electron chi connectivity index (χ1n) is 3.81. The van der Waals surface area contributed by atoms with Crippen LogP contribution >= 0.6 is 24.0 Å². The van der Waals surface area contributed by atoms with Gasteiger partial charge in [-0.3, -0.25) is 0 Å². The predicted molar refractivity (Wildman–Crippen MR) is 57.1 cm³/mol. The molecule has 0 saturated carbocycles. The molecule has 0 aromatic rings. The molecule has 0 aliphatic heterocycles. The van der Waals surface area contributed by atoms with Crippen LogP contribution < -0.4 is 0 Å². The molecule has 0 spiro atoms. The molecule has 12 heavy (non-hydrogen) atoms. The summed E-state index contributed by atoms with van der Waals surface area (Å²) >= 11 is 5.58. The predicted octanol–water partition coefficient (Wildman–Crippen LogP) is 3.01. The Morgan fingerprint density at radius 2 is 2.00 bits per heavy atom. The van der Waals surface area contributed by atoms with Gasteiger partial charge in [0.05, 0.1) is 11.5 Å². The summed E-state index contributed by atoms with van der Waals surface area (Å²) < 4.78 is 0. The molecule has 0 aromatic carbocycles. The molecule has 0 bridgehead atoms. The van der Waals surface area contributed by atoms with E-state index in [4.69, 9.17) is 11.6 Å². The number of alkyl halides is 1. The third kappa shape index (κ3) is 8.06. The second kappa shape index (κ2) is 7.60. The van der Waals surface area contributed by atoms with E-state index in [9.17, 15) is 0 Å². The van der Waals surface area contributed by atoms with Gasteiger partial charge in [0.25, 0.3) is 0 Å². The van der Waals surface area contributed by atoms with E-state index in [1.807, 2.05) is 20.8 Å². The molecule has 0 unspecified atom stereocenters. The summed E-state index contributed by atoms with van der Waals surface area (Å²) in [6.07, 6.45) is 0.862. The molecule has 0 aliphatic rings. The maximum absolute atomic E-state index is 5.58. The van der Waals surface area contributed by atoms with Crippen LogP contribution in [-0.4, -0.2) is 24.0 Å². The van der Waals surface area contributed by atoms with Crippen LogP contribution in [0.3, 0.4) is 0 Å². The lowest BCUT2D eigenvalue weighted by atomic mass is 10.0. The molecule has 0 aromatic heterocycles. The second-order valence-corrected chi connectivity index (χ2v) is 3.32. The summed E-state index contributed by atoms with van der Waals surface area (Å²) in [6, 6.07) is 2.65. The fraction of sp³-hybridized carbons (Fsp3) is 0.875. The highest BCUT2D eigenvalue weighted by Crippen LogP contribution is 2.13. The Balaban J connectivity index is 0. The first-order valence-corrected chi connectivity index (χ1v) is 4.35. The van der Waals surface area contributed by atoms with Gasteiger partial charge in [0.15, 0.2) is 0 Å². The van der Waals surface area contributed by atoms with Crippen molar-refractivity contribution in [3.8, 4) is 0 Å². The fourth-order valence-electron chi connectivity index (χ4n) is 0.529. The highest BCUT2D eigenvalue weighted by molar-refractivity contribution is 6.17. The topological polar surface area (TPSA) is 24.7 Å². The van der Waals surface area contributed by atoms with Gasteiger partial charge in [0, 0.05) is 12.4 Å². The first-order chi connectivity index (χ1) is 5.12. The summed E-state index contributed by atoms with van der Waals surface area (Å²) in [5.41, 5.74) is -0.111. The zero-order chi connectivity index (χ0) is 8.74. The molecule has 0 fully saturated rings. The minimum absolute atomic E-state index is 0. The van der Waals surface area contributed by atoms with Gasteiger partial charge in [0.1, 0.15) is 0 Å². The van der Waals surface area contributed by atoms with Crippen LogP contribution in [0.25, 0.3) is 0 Å². The number of hydrogen-bond acceptors (Lipinski definition) is 2. The van der Waals surface area contributed by atoms with E-state index in [-0.39, 0.29) is 17.9 Å². The second-order valence-electron chi connectivity index (χ2n) is 2.94. The standard InChI is InChI=1S/C8H15ClN2.ClH/c1-4-10-7-11-8(2,3)5-6-9;/h4-6H2,1-3H3;1H. The van der Waals surface area contributed by atoms with Crippen LogP contribution in [0.15, 0.2) is 9.98 Å². The zero-order valence-electron chi connectivity index (χ0n) is 7.80. The third-order valence-corrected chi connectivity index (χ3v) is 1.48. The van der Waals surface area contributed by atoms with Crippen molar-refractivity contribution in [3.05, 3.63) is 0 Å². The van der Waals surface area contributed by atoms with E-state index in [0.717, 1.165) is 13.0 Å². The Hall–Kier alpha value is -0.0400. The average molecular weight is 211 g/mol. The zero-order valence-corrected chi connectivity index (χ0v) is 9.37. The van der Waals surface area contributed by atoms with Crippen LogP contribution in [0.1, 0.15) is 27.2 Å². The molecular weight excluding hydrogens is 195 g/mol. The molecule has 0 amide bonds. The van der Waals surface area contributed by atoms with Crippen molar-refractivity contribution in [2.75, 3.05) is 12.4 Å². The number of nitrogens with zero attached hydrogens (tertiary/aromatic N) is 2. The van der Waals surface area contributed by atoms with E-state index in [0.29, 0.717) is 5.88 Å². The van der Waals surface area contributed by atoms with Crippen molar-refractivity contribution in [2.24, 2.45) is 9.98 Å². The van der Waals surface area contributed by atoms with Gasteiger partial charge in [0.2, 0.25) is 0 Å². The molecule has 0 heterocycles. The van der Waals surface area contributed by atoms with Crippen molar-refractivity contribution in [1.29, 1.82) is 0 Å². The van der Waals surface area contributed by atoms with Gasteiger partial charge in [-0.1, -0.05) is 0 Å². The Morgan fingerprint density at radius 3 is 2.42 bits per heavy atom. The Kier molecular flexibility index (Phi) is 9.17. The maximum atomic E-state index is 5.58. The van der Waals surface area contributed by atoms with Crippen LogP contribution in [-0.2, 0) is 0 Å². The van der Waals surface area contributed by atoms with E-state index in [1.54, 1.807) is 0 Å². The summed E-state index contributed by atoms with van der Waals surface area (Å²) in [4.78, 5) is 8.01. The summed E-state index contributed by atoms with van der Waals surface area (Å²) in [5.74, 6) is 0.629.